The first-order chi connectivity index (χ1) is 11.8. The van der Waals surface area contributed by atoms with E-state index in [4.69, 9.17) is 9.47 Å². The van der Waals surface area contributed by atoms with Crippen molar-refractivity contribution in [2.24, 2.45) is 22.7 Å². The number of carbonyl (C=O) groups is 3. The van der Waals surface area contributed by atoms with Gasteiger partial charge in [-0.1, -0.05) is 13.3 Å². The molecule has 0 bridgehead atoms. The lowest BCUT2D eigenvalue weighted by Gasteiger charge is -2.56. The number of cyclic esters (lactones) is 1. The van der Waals surface area contributed by atoms with Gasteiger partial charge >= 0.3 is 11.9 Å². The Balaban J connectivity index is 1.84. The Hall–Kier alpha value is -1.65. The SMILES string of the molecule is COC(=O)[C@@]1(C)CCC[C@@]2(C)[C@H]1CCC(=O)[C@@H]2CCC1=CCOC1=O. The van der Waals surface area contributed by atoms with Gasteiger partial charge in [0.1, 0.15) is 12.4 Å². The van der Waals surface area contributed by atoms with Crippen LogP contribution in [-0.2, 0) is 23.9 Å². The fourth-order valence-corrected chi connectivity index (χ4v) is 5.67. The van der Waals surface area contributed by atoms with Crippen LogP contribution in [0.3, 0.4) is 0 Å². The molecule has 0 aromatic rings. The van der Waals surface area contributed by atoms with Gasteiger partial charge < -0.3 is 9.47 Å². The van der Waals surface area contributed by atoms with Crippen LogP contribution in [0.4, 0.5) is 0 Å². The van der Waals surface area contributed by atoms with E-state index in [1.54, 1.807) is 0 Å². The van der Waals surface area contributed by atoms with Crippen molar-refractivity contribution < 1.29 is 23.9 Å². The van der Waals surface area contributed by atoms with E-state index in [2.05, 4.69) is 6.92 Å². The number of hydrogen-bond acceptors (Lipinski definition) is 5. The zero-order valence-corrected chi connectivity index (χ0v) is 15.4. The molecule has 0 spiro atoms. The Morgan fingerprint density at radius 2 is 2.08 bits per heavy atom. The molecule has 25 heavy (non-hydrogen) atoms. The summed E-state index contributed by atoms with van der Waals surface area (Å²) >= 11 is 0. The first kappa shape index (κ1) is 18.2. The van der Waals surface area contributed by atoms with Crippen molar-refractivity contribution >= 4 is 17.7 Å². The van der Waals surface area contributed by atoms with Gasteiger partial charge in [0, 0.05) is 17.9 Å². The van der Waals surface area contributed by atoms with Crippen LogP contribution in [0, 0.1) is 22.7 Å². The van der Waals surface area contributed by atoms with Crippen LogP contribution in [0.2, 0.25) is 0 Å². The fourth-order valence-electron chi connectivity index (χ4n) is 5.67. The highest BCUT2D eigenvalue weighted by molar-refractivity contribution is 5.90. The van der Waals surface area contributed by atoms with Gasteiger partial charge in [-0.05, 0) is 56.4 Å². The van der Waals surface area contributed by atoms with Gasteiger partial charge in [0.15, 0.2) is 0 Å². The normalized spacial score (nSPS) is 38.0. The second kappa shape index (κ2) is 6.58. The molecule has 0 saturated heterocycles. The van der Waals surface area contributed by atoms with E-state index in [1.165, 1.54) is 7.11 Å². The first-order valence-corrected chi connectivity index (χ1v) is 9.30. The molecule has 3 rings (SSSR count). The van der Waals surface area contributed by atoms with Gasteiger partial charge in [-0.3, -0.25) is 9.59 Å². The van der Waals surface area contributed by atoms with E-state index in [0.717, 1.165) is 25.7 Å². The Bertz CT molecular complexity index is 622. The average Bonchev–Trinajstić information content (AvgIpc) is 2.98. The second-order valence-electron chi connectivity index (χ2n) is 8.25. The predicted octanol–water partition coefficient (Wildman–Crippen LogP) is 3.21. The smallest absolute Gasteiger partial charge is 0.334 e. The number of carbonyl (C=O) groups excluding carboxylic acids is 3. The van der Waals surface area contributed by atoms with Crippen molar-refractivity contribution in [1.29, 1.82) is 0 Å². The maximum atomic E-state index is 12.7. The number of rotatable bonds is 4. The average molecular weight is 348 g/mol. The van der Waals surface area contributed by atoms with E-state index in [-0.39, 0.29) is 35.0 Å². The van der Waals surface area contributed by atoms with Crippen LogP contribution in [0.15, 0.2) is 11.6 Å². The summed E-state index contributed by atoms with van der Waals surface area (Å²) in [6.45, 7) is 4.51. The van der Waals surface area contributed by atoms with E-state index >= 15 is 0 Å². The molecule has 0 unspecified atom stereocenters. The van der Waals surface area contributed by atoms with E-state index < -0.39 is 5.41 Å². The summed E-state index contributed by atoms with van der Waals surface area (Å²) in [5, 5.41) is 0. The Labute approximate surface area is 149 Å². The molecular formula is C20H28O5. The summed E-state index contributed by atoms with van der Waals surface area (Å²) in [6, 6.07) is 0. The molecule has 0 amide bonds. The maximum Gasteiger partial charge on any atom is 0.334 e. The number of fused-ring (bicyclic) bond motifs is 1. The zero-order chi connectivity index (χ0) is 18.2. The van der Waals surface area contributed by atoms with Gasteiger partial charge in [0.2, 0.25) is 0 Å². The highest BCUT2D eigenvalue weighted by atomic mass is 16.5. The molecule has 0 aromatic heterocycles. The number of ketones is 1. The maximum absolute atomic E-state index is 12.7. The highest BCUT2D eigenvalue weighted by Gasteiger charge is 2.58. The minimum absolute atomic E-state index is 0.107. The monoisotopic (exact) mass is 348 g/mol. The fraction of sp³-hybridized carbons (Fsp3) is 0.750. The molecule has 3 aliphatic rings. The third kappa shape index (κ3) is 2.91. The lowest BCUT2D eigenvalue weighted by atomic mass is 9.47. The lowest BCUT2D eigenvalue weighted by molar-refractivity contribution is -0.173. The second-order valence-corrected chi connectivity index (χ2v) is 8.25. The third-order valence-electron chi connectivity index (χ3n) is 7.00. The minimum Gasteiger partial charge on any atom is -0.469 e. The van der Waals surface area contributed by atoms with Gasteiger partial charge in [-0.25, -0.2) is 4.79 Å². The predicted molar refractivity (Wildman–Crippen MR) is 91.6 cm³/mol. The molecule has 5 heteroatoms. The van der Waals surface area contributed by atoms with Crippen molar-refractivity contribution in [1.82, 2.24) is 0 Å². The van der Waals surface area contributed by atoms with Gasteiger partial charge in [-0.15, -0.1) is 0 Å². The molecule has 0 radical (unpaired) electrons. The van der Waals surface area contributed by atoms with Crippen LogP contribution in [0.1, 0.15) is 58.8 Å². The Kier molecular flexibility index (Phi) is 4.78. The molecule has 2 aliphatic carbocycles. The Morgan fingerprint density at radius 1 is 1.32 bits per heavy atom. The van der Waals surface area contributed by atoms with Crippen LogP contribution >= 0.6 is 0 Å². The standard InChI is InChI=1S/C20H28O5/c1-19-10-4-11-20(2,18(23)24-3)16(19)8-7-15(21)14(19)6-5-13-9-12-25-17(13)22/h9,14,16H,4-8,10-12H2,1-3H3/t14-,16+,19+,20-/m0/s1. The van der Waals surface area contributed by atoms with E-state index in [9.17, 15) is 14.4 Å². The van der Waals surface area contributed by atoms with Crippen LogP contribution < -0.4 is 0 Å². The van der Waals surface area contributed by atoms with Crippen LogP contribution in [-0.4, -0.2) is 31.4 Å². The lowest BCUT2D eigenvalue weighted by Crippen LogP contribution is -2.55. The van der Waals surface area contributed by atoms with Crippen LogP contribution in [0.25, 0.3) is 0 Å². The Morgan fingerprint density at radius 3 is 2.72 bits per heavy atom. The van der Waals surface area contributed by atoms with Gasteiger partial charge in [-0.2, -0.15) is 0 Å². The molecule has 1 aliphatic heterocycles. The number of Topliss-reactive ketones (excluding diaryl/α,β-unsaturated/α-hetero) is 1. The summed E-state index contributed by atoms with van der Waals surface area (Å²) in [4.78, 5) is 36.9. The summed E-state index contributed by atoms with van der Waals surface area (Å²) in [5.41, 5.74) is -0.0451. The third-order valence-corrected chi connectivity index (χ3v) is 7.00. The molecule has 4 atom stereocenters. The first-order valence-electron chi connectivity index (χ1n) is 9.30. The van der Waals surface area contributed by atoms with E-state index in [0.29, 0.717) is 31.4 Å². The molecule has 2 saturated carbocycles. The van der Waals surface area contributed by atoms with Crippen molar-refractivity contribution in [2.75, 3.05) is 13.7 Å². The molecule has 0 N–H and O–H groups in total. The number of esters is 2. The van der Waals surface area contributed by atoms with Crippen molar-refractivity contribution in [3.8, 4) is 0 Å². The van der Waals surface area contributed by atoms with Gasteiger partial charge in [0.25, 0.3) is 0 Å². The van der Waals surface area contributed by atoms with Crippen molar-refractivity contribution in [2.45, 2.75) is 58.8 Å². The number of methoxy groups -OCH3 is 1. The highest BCUT2D eigenvalue weighted by Crippen LogP contribution is 2.60. The van der Waals surface area contributed by atoms with Gasteiger partial charge in [0.05, 0.1) is 12.5 Å². The summed E-state index contributed by atoms with van der Waals surface area (Å²) in [7, 11) is 1.45. The molecule has 0 aromatic carbocycles. The number of hydrogen-bond donors (Lipinski definition) is 0. The minimum atomic E-state index is -0.522. The number of ether oxygens (including phenoxy) is 2. The molecule has 138 valence electrons. The van der Waals surface area contributed by atoms with E-state index in [1.807, 2.05) is 13.0 Å². The van der Waals surface area contributed by atoms with Crippen molar-refractivity contribution in [3.05, 3.63) is 11.6 Å². The summed E-state index contributed by atoms with van der Waals surface area (Å²) < 4.78 is 10.1. The quantitative estimate of drug-likeness (QED) is 0.730. The summed E-state index contributed by atoms with van der Waals surface area (Å²) in [5.74, 6) is -0.0929. The largest absolute Gasteiger partial charge is 0.469 e. The molecular weight excluding hydrogens is 320 g/mol. The summed E-state index contributed by atoms with van der Waals surface area (Å²) in [6.07, 6.45) is 7.00. The molecule has 1 heterocycles. The molecule has 2 fully saturated rings. The molecule has 5 nitrogen and oxygen atoms in total. The zero-order valence-electron chi connectivity index (χ0n) is 15.4. The van der Waals surface area contributed by atoms with Crippen LogP contribution in [0.5, 0.6) is 0 Å². The topological polar surface area (TPSA) is 69.7 Å². The van der Waals surface area contributed by atoms with Crippen molar-refractivity contribution in [3.63, 3.8) is 0 Å².